The van der Waals surface area contributed by atoms with Gasteiger partial charge in [-0.15, -0.1) is 0 Å². The molecule has 1 saturated carbocycles. The first-order valence-corrected chi connectivity index (χ1v) is 8.30. The molecule has 1 aliphatic carbocycles. The predicted molar refractivity (Wildman–Crippen MR) is 83.4 cm³/mol. The SMILES string of the molecule is O=C(O)CC[C@@H]1CCCN(C(=O)[C@H]2C[C@H]2c2cccc(F)c2)C1. The van der Waals surface area contributed by atoms with Gasteiger partial charge in [-0.05, 0) is 55.2 Å². The Balaban J connectivity index is 1.55. The fraction of sp³-hybridized carbons (Fsp3) is 0.556. The second-order valence-corrected chi connectivity index (χ2v) is 6.73. The highest BCUT2D eigenvalue weighted by molar-refractivity contribution is 5.83. The Labute approximate surface area is 135 Å². The molecule has 2 aliphatic rings. The molecular formula is C18H22FNO3. The molecule has 1 aliphatic heterocycles. The van der Waals surface area contributed by atoms with Gasteiger partial charge in [-0.2, -0.15) is 0 Å². The standard InChI is InChI=1S/C18H22FNO3/c19-14-5-1-4-13(9-14)15-10-16(15)18(23)20-8-2-3-12(11-20)6-7-17(21)22/h1,4-5,9,12,15-16H,2-3,6-8,10-11H2,(H,21,22)/t12-,15-,16-/m0/s1. The summed E-state index contributed by atoms with van der Waals surface area (Å²) in [5, 5.41) is 8.79. The third-order valence-corrected chi connectivity index (χ3v) is 4.98. The normalized spacial score (nSPS) is 26.8. The summed E-state index contributed by atoms with van der Waals surface area (Å²) in [6.45, 7) is 1.42. The number of benzene rings is 1. The molecule has 3 atom stereocenters. The number of carbonyl (C=O) groups excluding carboxylic acids is 1. The molecule has 1 heterocycles. The van der Waals surface area contributed by atoms with Gasteiger partial charge in [-0.1, -0.05) is 12.1 Å². The van der Waals surface area contributed by atoms with E-state index >= 15 is 0 Å². The Morgan fingerprint density at radius 3 is 2.91 bits per heavy atom. The quantitative estimate of drug-likeness (QED) is 0.907. The lowest BCUT2D eigenvalue weighted by Gasteiger charge is -2.33. The zero-order valence-electron chi connectivity index (χ0n) is 13.1. The van der Waals surface area contributed by atoms with E-state index in [4.69, 9.17) is 5.11 Å². The summed E-state index contributed by atoms with van der Waals surface area (Å²) < 4.78 is 13.3. The van der Waals surface area contributed by atoms with Crippen molar-refractivity contribution in [2.45, 2.75) is 38.0 Å². The number of rotatable bonds is 5. The fourth-order valence-corrected chi connectivity index (χ4v) is 3.64. The Morgan fingerprint density at radius 2 is 2.17 bits per heavy atom. The number of carbonyl (C=O) groups is 2. The molecule has 23 heavy (non-hydrogen) atoms. The zero-order valence-corrected chi connectivity index (χ0v) is 13.1. The van der Waals surface area contributed by atoms with E-state index < -0.39 is 5.97 Å². The van der Waals surface area contributed by atoms with Gasteiger partial charge in [0.2, 0.25) is 5.91 Å². The van der Waals surface area contributed by atoms with Gasteiger partial charge in [0, 0.05) is 25.4 Å². The minimum Gasteiger partial charge on any atom is -0.481 e. The van der Waals surface area contributed by atoms with Crippen molar-refractivity contribution in [1.82, 2.24) is 4.90 Å². The summed E-state index contributed by atoms with van der Waals surface area (Å²) in [7, 11) is 0. The Bertz CT molecular complexity index is 604. The van der Waals surface area contributed by atoms with Crippen molar-refractivity contribution in [1.29, 1.82) is 0 Å². The molecule has 4 nitrogen and oxygen atoms in total. The second kappa shape index (κ2) is 6.69. The number of carboxylic acid groups (broad SMARTS) is 1. The van der Waals surface area contributed by atoms with E-state index in [0.29, 0.717) is 13.0 Å². The molecule has 3 rings (SSSR count). The lowest BCUT2D eigenvalue weighted by molar-refractivity contribution is -0.137. The number of nitrogens with zero attached hydrogens (tertiary/aromatic N) is 1. The molecule has 1 N–H and O–H groups in total. The molecule has 0 aromatic heterocycles. The summed E-state index contributed by atoms with van der Waals surface area (Å²) in [4.78, 5) is 25.2. The number of amides is 1. The van der Waals surface area contributed by atoms with E-state index in [1.807, 2.05) is 11.0 Å². The highest BCUT2D eigenvalue weighted by Gasteiger charge is 2.46. The molecule has 0 bridgehead atoms. The molecule has 2 fully saturated rings. The van der Waals surface area contributed by atoms with Gasteiger partial charge in [-0.3, -0.25) is 9.59 Å². The number of hydrogen-bond acceptors (Lipinski definition) is 2. The summed E-state index contributed by atoms with van der Waals surface area (Å²) >= 11 is 0. The Kier molecular flexibility index (Phi) is 4.64. The van der Waals surface area contributed by atoms with Crippen LogP contribution in [0, 0.1) is 17.7 Å². The Hall–Kier alpha value is -1.91. The van der Waals surface area contributed by atoms with Gasteiger partial charge in [0.1, 0.15) is 5.82 Å². The van der Waals surface area contributed by atoms with Crippen LogP contribution in [0.3, 0.4) is 0 Å². The van der Waals surface area contributed by atoms with Crippen LogP contribution in [0.15, 0.2) is 24.3 Å². The number of hydrogen-bond donors (Lipinski definition) is 1. The van der Waals surface area contributed by atoms with Crippen LogP contribution in [0.4, 0.5) is 4.39 Å². The Morgan fingerprint density at radius 1 is 1.35 bits per heavy atom. The minimum atomic E-state index is -0.776. The minimum absolute atomic E-state index is 0.0324. The number of carboxylic acids is 1. The van der Waals surface area contributed by atoms with E-state index in [1.165, 1.54) is 12.1 Å². The van der Waals surface area contributed by atoms with Crippen molar-refractivity contribution in [2.75, 3.05) is 13.1 Å². The maximum absolute atomic E-state index is 13.3. The van der Waals surface area contributed by atoms with Crippen LogP contribution in [0.2, 0.25) is 0 Å². The van der Waals surface area contributed by atoms with Crippen LogP contribution in [-0.2, 0) is 9.59 Å². The zero-order chi connectivity index (χ0) is 16.4. The van der Waals surface area contributed by atoms with Gasteiger partial charge < -0.3 is 10.0 Å². The first-order chi connectivity index (χ1) is 11.0. The average molecular weight is 319 g/mol. The largest absolute Gasteiger partial charge is 0.481 e. The van der Waals surface area contributed by atoms with E-state index in [9.17, 15) is 14.0 Å². The highest BCUT2D eigenvalue weighted by Crippen LogP contribution is 2.48. The van der Waals surface area contributed by atoms with Gasteiger partial charge in [0.15, 0.2) is 0 Å². The van der Waals surface area contributed by atoms with Gasteiger partial charge in [-0.25, -0.2) is 4.39 Å². The molecule has 0 radical (unpaired) electrons. The number of aliphatic carboxylic acids is 1. The summed E-state index contributed by atoms with van der Waals surface area (Å²) in [5.74, 6) is -0.490. The van der Waals surface area contributed by atoms with Gasteiger partial charge in [0.25, 0.3) is 0 Å². The number of halogens is 1. The van der Waals surface area contributed by atoms with Crippen LogP contribution >= 0.6 is 0 Å². The van der Waals surface area contributed by atoms with Crippen molar-refractivity contribution in [3.05, 3.63) is 35.6 Å². The van der Waals surface area contributed by atoms with Crippen LogP contribution in [0.25, 0.3) is 0 Å². The van der Waals surface area contributed by atoms with Crippen molar-refractivity contribution < 1.29 is 19.1 Å². The van der Waals surface area contributed by atoms with Gasteiger partial charge in [0.05, 0.1) is 0 Å². The van der Waals surface area contributed by atoms with Crippen LogP contribution in [-0.4, -0.2) is 35.0 Å². The third kappa shape index (κ3) is 3.89. The van der Waals surface area contributed by atoms with Crippen molar-refractivity contribution in [2.24, 2.45) is 11.8 Å². The van der Waals surface area contributed by atoms with E-state index in [2.05, 4.69) is 0 Å². The van der Waals surface area contributed by atoms with Crippen molar-refractivity contribution in [3.8, 4) is 0 Å². The smallest absolute Gasteiger partial charge is 0.303 e. The molecule has 1 saturated heterocycles. The second-order valence-electron chi connectivity index (χ2n) is 6.73. The third-order valence-electron chi connectivity index (χ3n) is 4.98. The molecule has 0 spiro atoms. The van der Waals surface area contributed by atoms with E-state index in [-0.39, 0.29) is 35.9 Å². The highest BCUT2D eigenvalue weighted by atomic mass is 19.1. The van der Waals surface area contributed by atoms with Crippen molar-refractivity contribution in [3.63, 3.8) is 0 Å². The first-order valence-electron chi connectivity index (χ1n) is 8.30. The average Bonchev–Trinajstić information content (AvgIpc) is 3.33. The summed E-state index contributed by atoms with van der Waals surface area (Å²) in [6.07, 6.45) is 3.53. The van der Waals surface area contributed by atoms with E-state index in [0.717, 1.165) is 31.4 Å². The first kappa shape index (κ1) is 16.0. The molecular weight excluding hydrogens is 297 g/mol. The number of piperidine rings is 1. The predicted octanol–water partition coefficient (Wildman–Crippen LogP) is 3.03. The van der Waals surface area contributed by atoms with E-state index in [1.54, 1.807) is 6.07 Å². The maximum Gasteiger partial charge on any atom is 0.303 e. The molecule has 5 heteroatoms. The van der Waals surface area contributed by atoms with Gasteiger partial charge >= 0.3 is 5.97 Å². The molecule has 1 aromatic carbocycles. The summed E-state index contributed by atoms with van der Waals surface area (Å²) in [6, 6.07) is 6.50. The summed E-state index contributed by atoms with van der Waals surface area (Å²) in [5.41, 5.74) is 0.905. The molecule has 1 aromatic rings. The molecule has 1 amide bonds. The maximum atomic E-state index is 13.3. The van der Waals surface area contributed by atoms with Crippen LogP contribution in [0.5, 0.6) is 0 Å². The topological polar surface area (TPSA) is 57.6 Å². The lowest BCUT2D eigenvalue weighted by atomic mass is 9.93. The fourth-order valence-electron chi connectivity index (χ4n) is 3.64. The monoisotopic (exact) mass is 319 g/mol. The molecule has 0 unspecified atom stereocenters. The van der Waals surface area contributed by atoms with Crippen LogP contribution < -0.4 is 0 Å². The number of likely N-dealkylation sites (tertiary alicyclic amines) is 1. The molecule has 124 valence electrons. The van der Waals surface area contributed by atoms with Crippen LogP contribution in [0.1, 0.15) is 43.6 Å². The lowest BCUT2D eigenvalue weighted by Crippen LogP contribution is -2.41. The van der Waals surface area contributed by atoms with Crippen molar-refractivity contribution >= 4 is 11.9 Å².